The van der Waals surface area contributed by atoms with Gasteiger partial charge in [-0.1, -0.05) is 20.8 Å². The molecule has 5 aliphatic rings. The predicted molar refractivity (Wildman–Crippen MR) is 188 cm³/mol. The lowest BCUT2D eigenvalue weighted by Gasteiger charge is -2.62. The maximum absolute atomic E-state index is 13.2. The standard InChI is InChI=1S/C38H69N5O4/c1-26(9-12-34(45)43-23-5-8-32(43)36(46)47-4)29-10-11-30-35-31(14-16-38(29,30)3)37(2)15-13-28(24-27(37)25-33(35)44)42-20-7-19-41-22-21-40-18-6-17-39/h26-33,35,40-42,44H,5-25,39H2,1-4H3/t26-,27+,28+,29-,30+,31+,32?,33-,35+,37+,38-/m1/s1. The second kappa shape index (κ2) is 16.6. The molecule has 4 saturated carbocycles. The Bertz CT molecular complexity index is 1030. The highest BCUT2D eigenvalue weighted by molar-refractivity contribution is 5.85. The Morgan fingerprint density at radius 3 is 2.40 bits per heavy atom. The van der Waals surface area contributed by atoms with E-state index in [0.717, 1.165) is 71.4 Å². The van der Waals surface area contributed by atoms with E-state index in [4.69, 9.17) is 10.5 Å². The molecule has 47 heavy (non-hydrogen) atoms. The number of carbonyl (C=O) groups excluding carboxylic acids is 2. The monoisotopic (exact) mass is 660 g/mol. The third-order valence-corrected chi connectivity index (χ3v) is 14.3. The van der Waals surface area contributed by atoms with E-state index in [1.54, 1.807) is 4.90 Å². The molecular formula is C38H69N5O4. The Hall–Kier alpha value is -1.26. The number of carbonyl (C=O) groups is 2. The maximum atomic E-state index is 13.2. The van der Waals surface area contributed by atoms with Gasteiger partial charge < -0.3 is 36.4 Å². The molecule has 0 aromatic rings. The van der Waals surface area contributed by atoms with Crippen molar-refractivity contribution in [2.75, 3.05) is 52.9 Å². The normalized spacial score (nSPS) is 38.8. The van der Waals surface area contributed by atoms with E-state index in [0.29, 0.717) is 66.4 Å². The second-order valence-corrected chi connectivity index (χ2v) is 16.7. The quantitative estimate of drug-likeness (QED) is 0.124. The smallest absolute Gasteiger partial charge is 0.328 e. The first-order chi connectivity index (χ1) is 22.6. The molecule has 9 heteroatoms. The molecule has 1 saturated heterocycles. The molecule has 0 bridgehead atoms. The van der Waals surface area contributed by atoms with Gasteiger partial charge in [0.05, 0.1) is 13.2 Å². The zero-order chi connectivity index (χ0) is 33.6. The molecule has 5 fully saturated rings. The van der Waals surface area contributed by atoms with E-state index in [-0.39, 0.29) is 23.4 Å². The maximum Gasteiger partial charge on any atom is 0.328 e. The molecule has 1 amide bonds. The Morgan fingerprint density at radius 1 is 0.936 bits per heavy atom. The van der Waals surface area contributed by atoms with E-state index in [1.807, 2.05) is 0 Å². The van der Waals surface area contributed by atoms with Gasteiger partial charge in [0, 0.05) is 32.1 Å². The number of methoxy groups -OCH3 is 1. The summed E-state index contributed by atoms with van der Waals surface area (Å²) in [7, 11) is 1.41. The Labute approximate surface area is 285 Å². The van der Waals surface area contributed by atoms with E-state index >= 15 is 0 Å². The summed E-state index contributed by atoms with van der Waals surface area (Å²) in [5, 5.41) is 22.7. The molecule has 9 nitrogen and oxygen atoms in total. The average molecular weight is 660 g/mol. The fourth-order valence-corrected chi connectivity index (χ4v) is 11.7. The number of hydrogen-bond donors (Lipinski definition) is 5. The SMILES string of the molecule is COC(=O)C1CCCN1C(=O)CC[C@@H](C)[C@H]1CC[C@H]2[C@@H]3[C@H](O)C[C@@H]4C[C@@H](NCCCNCCNCCCN)CC[C@]4(C)[C@H]3CC[C@]12C. The topological polar surface area (TPSA) is 129 Å². The van der Waals surface area contributed by atoms with Gasteiger partial charge in [0.25, 0.3) is 0 Å². The van der Waals surface area contributed by atoms with Crippen LogP contribution in [0.5, 0.6) is 0 Å². The van der Waals surface area contributed by atoms with Crippen molar-refractivity contribution in [2.24, 2.45) is 52.1 Å². The summed E-state index contributed by atoms with van der Waals surface area (Å²) in [6.45, 7) is 14.0. The summed E-state index contributed by atoms with van der Waals surface area (Å²) in [6, 6.07) is 0.175. The second-order valence-electron chi connectivity index (χ2n) is 16.7. The number of nitrogens with one attached hydrogen (secondary N) is 3. The molecule has 1 unspecified atom stereocenters. The number of nitrogens with two attached hydrogens (primary N) is 1. The highest BCUT2D eigenvalue weighted by Crippen LogP contribution is 2.68. The summed E-state index contributed by atoms with van der Waals surface area (Å²) in [5.41, 5.74) is 6.13. The molecule has 0 radical (unpaired) electrons. The summed E-state index contributed by atoms with van der Waals surface area (Å²) >= 11 is 0. The third kappa shape index (κ3) is 8.05. The van der Waals surface area contributed by atoms with Crippen LogP contribution in [-0.2, 0) is 14.3 Å². The molecule has 11 atom stereocenters. The van der Waals surface area contributed by atoms with Gasteiger partial charge in [0.2, 0.25) is 5.91 Å². The van der Waals surface area contributed by atoms with E-state index in [2.05, 4.69) is 36.7 Å². The minimum Gasteiger partial charge on any atom is -0.467 e. The van der Waals surface area contributed by atoms with Gasteiger partial charge >= 0.3 is 5.97 Å². The van der Waals surface area contributed by atoms with Crippen molar-refractivity contribution in [3.63, 3.8) is 0 Å². The summed E-state index contributed by atoms with van der Waals surface area (Å²) in [5.74, 6) is 3.12. The Kier molecular flexibility index (Phi) is 13.1. The average Bonchev–Trinajstić information content (AvgIpc) is 3.69. The van der Waals surface area contributed by atoms with Crippen LogP contribution in [0.15, 0.2) is 0 Å². The van der Waals surface area contributed by atoms with Crippen molar-refractivity contribution >= 4 is 11.9 Å². The van der Waals surface area contributed by atoms with E-state index < -0.39 is 6.04 Å². The number of rotatable bonds is 16. The van der Waals surface area contributed by atoms with Gasteiger partial charge in [-0.2, -0.15) is 0 Å². The number of ether oxygens (including phenoxy) is 1. The Morgan fingerprint density at radius 2 is 1.66 bits per heavy atom. The first-order valence-corrected chi connectivity index (χ1v) is 19.5. The van der Waals surface area contributed by atoms with Crippen molar-refractivity contribution in [1.82, 2.24) is 20.9 Å². The number of aliphatic hydroxyl groups excluding tert-OH is 1. The molecule has 1 aliphatic heterocycles. The Balaban J connectivity index is 1.09. The van der Waals surface area contributed by atoms with Crippen molar-refractivity contribution in [3.05, 3.63) is 0 Å². The highest BCUT2D eigenvalue weighted by Gasteiger charge is 2.62. The molecule has 0 spiro atoms. The number of amides is 1. The highest BCUT2D eigenvalue weighted by atomic mass is 16.5. The van der Waals surface area contributed by atoms with Crippen molar-refractivity contribution in [1.29, 1.82) is 0 Å². The number of fused-ring (bicyclic) bond motifs is 5. The van der Waals surface area contributed by atoms with Crippen LogP contribution < -0.4 is 21.7 Å². The molecule has 1 heterocycles. The van der Waals surface area contributed by atoms with Crippen molar-refractivity contribution in [3.8, 4) is 0 Å². The third-order valence-electron chi connectivity index (χ3n) is 14.3. The van der Waals surface area contributed by atoms with Crippen LogP contribution in [0.4, 0.5) is 0 Å². The molecule has 5 rings (SSSR count). The molecule has 0 aromatic carbocycles. The minimum atomic E-state index is -0.401. The lowest BCUT2D eigenvalue weighted by molar-refractivity contribution is -0.167. The lowest BCUT2D eigenvalue weighted by Crippen LogP contribution is -2.59. The molecule has 0 aromatic heterocycles. The van der Waals surface area contributed by atoms with Crippen LogP contribution in [0.2, 0.25) is 0 Å². The largest absolute Gasteiger partial charge is 0.467 e. The van der Waals surface area contributed by atoms with Crippen LogP contribution in [0.25, 0.3) is 0 Å². The van der Waals surface area contributed by atoms with Crippen LogP contribution in [0.3, 0.4) is 0 Å². The number of likely N-dealkylation sites (tertiary alicyclic amines) is 1. The van der Waals surface area contributed by atoms with Gasteiger partial charge in [-0.15, -0.1) is 0 Å². The van der Waals surface area contributed by atoms with Gasteiger partial charge in [0.15, 0.2) is 0 Å². The predicted octanol–water partition coefficient (Wildman–Crippen LogP) is 4.07. The number of hydrogen-bond acceptors (Lipinski definition) is 8. The zero-order valence-electron chi connectivity index (χ0n) is 30.2. The van der Waals surface area contributed by atoms with E-state index in [1.165, 1.54) is 52.1 Å². The first-order valence-electron chi connectivity index (χ1n) is 19.5. The van der Waals surface area contributed by atoms with Crippen LogP contribution in [0, 0.1) is 46.3 Å². The fourth-order valence-electron chi connectivity index (χ4n) is 11.7. The summed E-state index contributed by atoms with van der Waals surface area (Å²) in [6.07, 6.45) is 14.6. The number of aliphatic hydroxyl groups is 1. The van der Waals surface area contributed by atoms with Crippen LogP contribution >= 0.6 is 0 Å². The van der Waals surface area contributed by atoms with Crippen molar-refractivity contribution in [2.45, 2.75) is 129 Å². The van der Waals surface area contributed by atoms with Crippen LogP contribution in [-0.4, -0.2) is 93.0 Å². The van der Waals surface area contributed by atoms with Gasteiger partial charge in [-0.25, -0.2) is 4.79 Å². The lowest BCUT2D eigenvalue weighted by atomic mass is 9.43. The number of esters is 1. The van der Waals surface area contributed by atoms with Gasteiger partial charge in [-0.05, 0) is 156 Å². The van der Waals surface area contributed by atoms with E-state index in [9.17, 15) is 14.7 Å². The molecule has 4 aliphatic carbocycles. The minimum absolute atomic E-state index is 0.110. The molecule has 270 valence electrons. The summed E-state index contributed by atoms with van der Waals surface area (Å²) < 4.78 is 4.97. The first kappa shape index (κ1) is 37.0. The van der Waals surface area contributed by atoms with Gasteiger partial charge in [0.1, 0.15) is 6.04 Å². The van der Waals surface area contributed by atoms with Crippen LogP contribution in [0.1, 0.15) is 111 Å². The zero-order valence-corrected chi connectivity index (χ0v) is 30.2. The number of nitrogens with zero attached hydrogens (tertiary/aromatic N) is 1. The van der Waals surface area contributed by atoms with Gasteiger partial charge in [-0.3, -0.25) is 4.79 Å². The molecule has 6 N–H and O–H groups in total. The summed E-state index contributed by atoms with van der Waals surface area (Å²) in [4.78, 5) is 27.2. The van der Waals surface area contributed by atoms with Crippen molar-refractivity contribution < 1.29 is 19.4 Å². The molecular weight excluding hydrogens is 590 g/mol. The fraction of sp³-hybridized carbons (Fsp3) is 0.947.